The zero-order valence-electron chi connectivity index (χ0n) is 15.0. The maximum atomic E-state index is 11.1. The lowest BCUT2D eigenvalue weighted by Gasteiger charge is -2.16. The van der Waals surface area contributed by atoms with E-state index < -0.39 is 12.1 Å². The second kappa shape index (κ2) is 7.74. The van der Waals surface area contributed by atoms with Crippen molar-refractivity contribution < 1.29 is 19.5 Å². The van der Waals surface area contributed by atoms with Crippen molar-refractivity contribution in [1.82, 2.24) is 9.78 Å². The lowest BCUT2D eigenvalue weighted by Crippen LogP contribution is -2.06. The Kier molecular flexibility index (Phi) is 5.21. The molecule has 0 bridgehead atoms. The smallest absolute Gasteiger partial charge is 0.335 e. The molecule has 1 unspecified atom stereocenters. The van der Waals surface area contributed by atoms with Crippen LogP contribution in [0.3, 0.4) is 0 Å². The molecule has 0 spiro atoms. The number of aryl methyl sites for hydroxylation is 2. The third-order valence-corrected chi connectivity index (χ3v) is 4.04. The summed E-state index contributed by atoms with van der Waals surface area (Å²) in [5.74, 6) is 0.175. The fraction of sp³-hybridized carbons (Fsp3) is 0.150. The topological polar surface area (TPSA) is 85.9 Å². The van der Waals surface area contributed by atoms with Gasteiger partial charge in [0.15, 0.2) is 6.10 Å². The standard InChI is InChI=1S/C20H19N3O4/c1-13-5-4-6-16(11-13)26-19-17(12-22-23(19)3)18(27-21-2)14-7-9-15(10-8-14)20(24)25/h4-12,18H,2H2,1,3H3,(H,24,25). The van der Waals surface area contributed by atoms with E-state index in [0.717, 1.165) is 5.56 Å². The second-order valence-corrected chi connectivity index (χ2v) is 5.99. The van der Waals surface area contributed by atoms with Gasteiger partial charge < -0.3 is 14.7 Å². The molecule has 0 fully saturated rings. The Morgan fingerprint density at radius 3 is 2.63 bits per heavy atom. The van der Waals surface area contributed by atoms with Gasteiger partial charge in [0.1, 0.15) is 5.75 Å². The molecule has 0 amide bonds. The SMILES string of the molecule is C=NOC(c1ccc(C(=O)O)cc1)c1cnn(C)c1Oc1cccc(C)c1. The van der Waals surface area contributed by atoms with Crippen molar-refractivity contribution >= 4 is 12.7 Å². The summed E-state index contributed by atoms with van der Waals surface area (Å²) in [5, 5.41) is 16.9. The van der Waals surface area contributed by atoms with Gasteiger partial charge in [0.2, 0.25) is 5.88 Å². The van der Waals surface area contributed by atoms with Crippen molar-refractivity contribution in [1.29, 1.82) is 0 Å². The van der Waals surface area contributed by atoms with Crippen LogP contribution in [0.2, 0.25) is 0 Å². The largest absolute Gasteiger partial charge is 0.478 e. The molecule has 3 aromatic rings. The van der Waals surface area contributed by atoms with E-state index in [-0.39, 0.29) is 5.56 Å². The number of oxime groups is 1. The van der Waals surface area contributed by atoms with Crippen LogP contribution in [0.4, 0.5) is 0 Å². The third kappa shape index (κ3) is 3.98. The molecule has 7 nitrogen and oxygen atoms in total. The van der Waals surface area contributed by atoms with Crippen LogP contribution >= 0.6 is 0 Å². The summed E-state index contributed by atoms with van der Waals surface area (Å²) >= 11 is 0. The molecule has 0 radical (unpaired) electrons. The van der Waals surface area contributed by atoms with Gasteiger partial charge in [0, 0.05) is 13.8 Å². The molecule has 0 saturated heterocycles. The van der Waals surface area contributed by atoms with Crippen molar-refractivity contribution in [3.05, 3.63) is 77.0 Å². The molecular weight excluding hydrogens is 346 g/mol. The van der Waals surface area contributed by atoms with Crippen LogP contribution < -0.4 is 4.74 Å². The molecule has 1 atom stereocenters. The van der Waals surface area contributed by atoms with E-state index in [1.54, 1.807) is 30.1 Å². The highest BCUT2D eigenvalue weighted by Gasteiger charge is 2.25. The molecule has 0 aliphatic rings. The first-order chi connectivity index (χ1) is 13.0. The first-order valence-corrected chi connectivity index (χ1v) is 8.21. The summed E-state index contributed by atoms with van der Waals surface area (Å²) in [6.07, 6.45) is 0.991. The van der Waals surface area contributed by atoms with Crippen LogP contribution in [0.15, 0.2) is 59.9 Å². The molecule has 1 aromatic heterocycles. The van der Waals surface area contributed by atoms with Crippen LogP contribution in [-0.2, 0) is 11.9 Å². The summed E-state index contributed by atoms with van der Waals surface area (Å²) in [6.45, 7) is 5.38. The summed E-state index contributed by atoms with van der Waals surface area (Å²) < 4.78 is 7.64. The van der Waals surface area contributed by atoms with E-state index in [4.69, 9.17) is 14.7 Å². The molecule has 1 N–H and O–H groups in total. The van der Waals surface area contributed by atoms with E-state index in [1.807, 2.05) is 31.2 Å². The third-order valence-electron chi connectivity index (χ3n) is 4.04. The summed E-state index contributed by atoms with van der Waals surface area (Å²) in [5.41, 5.74) is 2.61. The van der Waals surface area contributed by atoms with Crippen LogP contribution in [0.5, 0.6) is 11.6 Å². The number of hydrogen-bond acceptors (Lipinski definition) is 5. The monoisotopic (exact) mass is 365 g/mol. The van der Waals surface area contributed by atoms with E-state index >= 15 is 0 Å². The summed E-state index contributed by atoms with van der Waals surface area (Å²) in [7, 11) is 1.76. The Hall–Kier alpha value is -3.61. The van der Waals surface area contributed by atoms with Gasteiger partial charge in [-0.2, -0.15) is 5.10 Å². The van der Waals surface area contributed by atoms with Crippen molar-refractivity contribution in [3.8, 4) is 11.6 Å². The van der Waals surface area contributed by atoms with Gasteiger partial charge in [-0.15, -0.1) is 5.16 Å². The number of aromatic carboxylic acids is 1. The molecule has 0 aliphatic heterocycles. The summed E-state index contributed by atoms with van der Waals surface area (Å²) in [6, 6.07) is 14.0. The first kappa shape index (κ1) is 18.2. The number of aromatic nitrogens is 2. The fourth-order valence-electron chi connectivity index (χ4n) is 2.71. The van der Waals surface area contributed by atoms with Crippen molar-refractivity contribution in [2.45, 2.75) is 13.0 Å². The number of ether oxygens (including phenoxy) is 1. The van der Waals surface area contributed by atoms with Gasteiger partial charge in [0.05, 0.1) is 17.3 Å². The molecule has 2 aromatic carbocycles. The molecule has 27 heavy (non-hydrogen) atoms. The van der Waals surface area contributed by atoms with E-state index in [2.05, 4.69) is 17.0 Å². The Labute approximate surface area is 156 Å². The number of hydrogen-bond donors (Lipinski definition) is 1. The number of carboxylic acid groups (broad SMARTS) is 1. The average Bonchev–Trinajstić information content (AvgIpc) is 3.00. The van der Waals surface area contributed by atoms with Gasteiger partial charge in [-0.05, 0) is 42.3 Å². The summed E-state index contributed by atoms with van der Waals surface area (Å²) in [4.78, 5) is 16.5. The predicted molar refractivity (Wildman–Crippen MR) is 100 cm³/mol. The van der Waals surface area contributed by atoms with Crippen molar-refractivity contribution in [2.75, 3.05) is 0 Å². The highest BCUT2D eigenvalue weighted by molar-refractivity contribution is 5.87. The number of rotatable bonds is 7. The molecule has 0 saturated carbocycles. The minimum absolute atomic E-state index is 0.187. The molecule has 1 heterocycles. The lowest BCUT2D eigenvalue weighted by molar-refractivity contribution is 0.0696. The molecule has 3 rings (SSSR count). The highest BCUT2D eigenvalue weighted by Crippen LogP contribution is 2.35. The number of nitrogens with zero attached hydrogens (tertiary/aromatic N) is 3. The minimum Gasteiger partial charge on any atom is -0.478 e. The number of benzene rings is 2. The van der Waals surface area contributed by atoms with Gasteiger partial charge in [-0.25, -0.2) is 9.48 Å². The predicted octanol–water partition coefficient (Wildman–Crippen LogP) is 3.94. The van der Waals surface area contributed by atoms with Gasteiger partial charge in [0.25, 0.3) is 0 Å². The van der Waals surface area contributed by atoms with E-state index in [0.29, 0.717) is 22.8 Å². The molecule has 0 aliphatic carbocycles. The van der Waals surface area contributed by atoms with E-state index in [9.17, 15) is 4.79 Å². The zero-order valence-corrected chi connectivity index (χ0v) is 15.0. The number of carbonyl (C=O) groups is 1. The van der Waals surface area contributed by atoms with Crippen LogP contribution in [0.1, 0.15) is 33.2 Å². The Morgan fingerprint density at radius 2 is 2.00 bits per heavy atom. The van der Waals surface area contributed by atoms with Crippen LogP contribution in [0, 0.1) is 6.92 Å². The minimum atomic E-state index is -0.995. The molecule has 7 heteroatoms. The Balaban J connectivity index is 1.98. The van der Waals surface area contributed by atoms with E-state index in [1.165, 1.54) is 12.1 Å². The van der Waals surface area contributed by atoms with Crippen LogP contribution in [0.25, 0.3) is 0 Å². The lowest BCUT2D eigenvalue weighted by atomic mass is 10.0. The number of carboxylic acids is 1. The average molecular weight is 365 g/mol. The van der Waals surface area contributed by atoms with Crippen LogP contribution in [-0.4, -0.2) is 27.6 Å². The van der Waals surface area contributed by atoms with Gasteiger partial charge >= 0.3 is 5.97 Å². The highest BCUT2D eigenvalue weighted by atomic mass is 16.6. The Morgan fingerprint density at radius 1 is 1.26 bits per heavy atom. The maximum Gasteiger partial charge on any atom is 0.335 e. The van der Waals surface area contributed by atoms with Crippen molar-refractivity contribution in [3.63, 3.8) is 0 Å². The fourth-order valence-corrected chi connectivity index (χ4v) is 2.71. The quantitative estimate of drug-likeness (QED) is 0.506. The first-order valence-electron chi connectivity index (χ1n) is 8.21. The second-order valence-electron chi connectivity index (χ2n) is 5.99. The van der Waals surface area contributed by atoms with Gasteiger partial charge in [-0.1, -0.05) is 24.3 Å². The molecular formula is C20H19N3O4. The van der Waals surface area contributed by atoms with Gasteiger partial charge in [-0.3, -0.25) is 0 Å². The van der Waals surface area contributed by atoms with Crippen molar-refractivity contribution in [2.24, 2.45) is 12.2 Å². The maximum absolute atomic E-state index is 11.1. The molecule has 138 valence electrons. The Bertz CT molecular complexity index is 964. The zero-order chi connectivity index (χ0) is 19.4. The normalized spacial score (nSPS) is 11.6.